The van der Waals surface area contributed by atoms with E-state index in [0.29, 0.717) is 13.0 Å². The molecule has 1 aliphatic rings. The van der Waals surface area contributed by atoms with E-state index in [9.17, 15) is 13.2 Å². The molecule has 1 aromatic rings. The second-order valence-corrected chi connectivity index (χ2v) is 9.34. The summed E-state index contributed by atoms with van der Waals surface area (Å²) in [6, 6.07) is 7.75. The molecule has 0 spiro atoms. The van der Waals surface area contributed by atoms with E-state index in [2.05, 4.69) is 4.74 Å². The molecule has 0 radical (unpaired) electrons. The number of methoxy groups -OCH3 is 2. The second-order valence-electron chi connectivity index (χ2n) is 6.12. The van der Waals surface area contributed by atoms with E-state index in [4.69, 9.17) is 4.74 Å². The first kappa shape index (κ1) is 20.1. The van der Waals surface area contributed by atoms with E-state index in [1.165, 1.54) is 23.2 Å². The Morgan fingerprint density at radius 3 is 2.52 bits per heavy atom. The lowest BCUT2D eigenvalue weighted by molar-refractivity contribution is -0.140. The lowest BCUT2D eigenvalue weighted by Gasteiger charge is -2.21. The Morgan fingerprint density at radius 2 is 1.96 bits per heavy atom. The summed E-state index contributed by atoms with van der Waals surface area (Å²) >= 11 is 1.75. The van der Waals surface area contributed by atoms with Gasteiger partial charge in [0, 0.05) is 30.0 Å². The predicted molar refractivity (Wildman–Crippen MR) is 99.3 cm³/mol. The highest BCUT2D eigenvalue weighted by Gasteiger charge is 2.37. The van der Waals surface area contributed by atoms with Crippen LogP contribution in [0.15, 0.2) is 24.3 Å². The minimum absolute atomic E-state index is 0.137. The first-order chi connectivity index (χ1) is 11.8. The lowest BCUT2D eigenvalue weighted by Crippen LogP contribution is -2.35. The Morgan fingerprint density at radius 1 is 1.28 bits per heavy atom. The third-order valence-electron chi connectivity index (χ3n) is 4.31. The molecule has 6 nitrogen and oxygen atoms in total. The normalized spacial score (nSPS) is 21.2. The van der Waals surface area contributed by atoms with Gasteiger partial charge in [0.15, 0.2) is 0 Å². The number of carbonyl (C=O) groups is 1. The summed E-state index contributed by atoms with van der Waals surface area (Å²) in [6.07, 6.45) is 2.72. The van der Waals surface area contributed by atoms with E-state index in [0.717, 1.165) is 17.9 Å². The topological polar surface area (TPSA) is 72.9 Å². The molecule has 25 heavy (non-hydrogen) atoms. The molecule has 0 aliphatic carbocycles. The molecule has 0 bridgehead atoms. The van der Waals surface area contributed by atoms with Gasteiger partial charge in [0.2, 0.25) is 10.0 Å². The Labute approximate surface area is 153 Å². The van der Waals surface area contributed by atoms with E-state index in [1.807, 2.05) is 24.3 Å². The zero-order valence-electron chi connectivity index (χ0n) is 14.8. The largest absolute Gasteiger partial charge is 0.497 e. The molecule has 0 amide bonds. The summed E-state index contributed by atoms with van der Waals surface area (Å²) in [5, 5.41) is 0.222. The fourth-order valence-corrected chi connectivity index (χ4v) is 5.48. The van der Waals surface area contributed by atoms with Gasteiger partial charge in [-0.05, 0) is 30.5 Å². The van der Waals surface area contributed by atoms with Crippen LogP contribution in [0.3, 0.4) is 0 Å². The molecule has 1 saturated heterocycles. The molecule has 1 aromatic carbocycles. The molecule has 0 aromatic heterocycles. The van der Waals surface area contributed by atoms with Crippen LogP contribution in [0.4, 0.5) is 0 Å². The minimum atomic E-state index is -3.28. The SMILES string of the molecule is COC(=O)CC[C@@H]1C[C@@H](SCc2ccc(OC)cc2)CN1S(C)(=O)=O. The average Bonchev–Trinajstić information content (AvgIpc) is 3.02. The molecule has 1 heterocycles. The van der Waals surface area contributed by atoms with Crippen LogP contribution < -0.4 is 4.74 Å². The average molecular weight is 388 g/mol. The summed E-state index contributed by atoms with van der Waals surface area (Å²) in [5.74, 6) is 1.33. The molecule has 0 unspecified atom stereocenters. The summed E-state index contributed by atoms with van der Waals surface area (Å²) in [6.45, 7) is 0.492. The molecule has 0 saturated carbocycles. The van der Waals surface area contributed by atoms with Gasteiger partial charge in [-0.15, -0.1) is 0 Å². The van der Waals surface area contributed by atoms with Gasteiger partial charge in [-0.25, -0.2) is 8.42 Å². The maximum atomic E-state index is 12.0. The van der Waals surface area contributed by atoms with Gasteiger partial charge in [-0.1, -0.05) is 12.1 Å². The Kier molecular flexibility index (Phi) is 7.15. The minimum Gasteiger partial charge on any atom is -0.497 e. The standard InChI is InChI=1S/C17H25NO5S2/c1-22-15-7-4-13(5-8-15)12-24-16-10-14(6-9-17(19)23-2)18(11-16)25(3,20)21/h4-5,7-8,14,16H,6,9-12H2,1-3H3/t14-,16-/m1/s1. The van der Waals surface area contributed by atoms with Gasteiger partial charge >= 0.3 is 5.97 Å². The predicted octanol–water partition coefficient (Wildman–Crippen LogP) is 2.28. The van der Waals surface area contributed by atoms with Crippen molar-refractivity contribution in [1.82, 2.24) is 4.31 Å². The summed E-state index contributed by atoms with van der Waals surface area (Å²) in [7, 11) is -0.298. The van der Waals surface area contributed by atoms with Crippen LogP contribution in [0.25, 0.3) is 0 Å². The number of nitrogens with zero attached hydrogens (tertiary/aromatic N) is 1. The highest BCUT2D eigenvalue weighted by Crippen LogP contribution is 2.33. The molecule has 1 aliphatic heterocycles. The number of hydrogen-bond donors (Lipinski definition) is 0. The Hall–Kier alpha value is -1.25. The molecule has 1 fully saturated rings. The van der Waals surface area contributed by atoms with Gasteiger partial charge in [0.25, 0.3) is 0 Å². The van der Waals surface area contributed by atoms with Crippen LogP contribution in [0.5, 0.6) is 5.75 Å². The number of esters is 1. The van der Waals surface area contributed by atoms with Crippen LogP contribution in [0, 0.1) is 0 Å². The van der Waals surface area contributed by atoms with Gasteiger partial charge in [-0.2, -0.15) is 16.1 Å². The third kappa shape index (κ3) is 5.90. The zero-order chi connectivity index (χ0) is 18.4. The highest BCUT2D eigenvalue weighted by atomic mass is 32.2. The number of ether oxygens (including phenoxy) is 2. The van der Waals surface area contributed by atoms with Crippen molar-refractivity contribution in [3.05, 3.63) is 29.8 Å². The molecular formula is C17H25NO5S2. The lowest BCUT2D eigenvalue weighted by atomic mass is 10.1. The monoisotopic (exact) mass is 387 g/mol. The first-order valence-electron chi connectivity index (χ1n) is 8.11. The van der Waals surface area contributed by atoms with E-state index in [1.54, 1.807) is 18.9 Å². The van der Waals surface area contributed by atoms with E-state index < -0.39 is 10.0 Å². The fourth-order valence-electron chi connectivity index (χ4n) is 2.96. The van der Waals surface area contributed by atoms with Crippen LogP contribution >= 0.6 is 11.8 Å². The van der Waals surface area contributed by atoms with Crippen LogP contribution in [0.1, 0.15) is 24.8 Å². The number of thioether (sulfide) groups is 1. The highest BCUT2D eigenvalue weighted by molar-refractivity contribution is 7.99. The molecule has 2 atom stereocenters. The molecule has 8 heteroatoms. The van der Waals surface area contributed by atoms with Gasteiger partial charge in [-0.3, -0.25) is 4.79 Å². The summed E-state index contributed by atoms with van der Waals surface area (Å²) in [4.78, 5) is 11.4. The molecule has 0 N–H and O–H groups in total. The van der Waals surface area contributed by atoms with Gasteiger partial charge in [0.05, 0.1) is 20.5 Å². The molecule has 2 rings (SSSR count). The van der Waals surface area contributed by atoms with Crippen molar-refractivity contribution >= 4 is 27.8 Å². The van der Waals surface area contributed by atoms with Crippen molar-refractivity contribution in [2.24, 2.45) is 0 Å². The Balaban J connectivity index is 1.93. The molecule has 140 valence electrons. The smallest absolute Gasteiger partial charge is 0.305 e. The van der Waals surface area contributed by atoms with E-state index in [-0.39, 0.29) is 23.7 Å². The van der Waals surface area contributed by atoms with E-state index >= 15 is 0 Å². The van der Waals surface area contributed by atoms with Crippen molar-refractivity contribution in [3.63, 3.8) is 0 Å². The van der Waals surface area contributed by atoms with Crippen LogP contribution in [-0.4, -0.2) is 57.0 Å². The zero-order valence-corrected chi connectivity index (χ0v) is 16.4. The maximum Gasteiger partial charge on any atom is 0.305 e. The van der Waals surface area contributed by atoms with Crippen molar-refractivity contribution in [1.29, 1.82) is 0 Å². The van der Waals surface area contributed by atoms with Crippen LogP contribution in [0.2, 0.25) is 0 Å². The van der Waals surface area contributed by atoms with Crippen molar-refractivity contribution in [3.8, 4) is 5.75 Å². The van der Waals surface area contributed by atoms with Gasteiger partial charge in [0.1, 0.15) is 5.75 Å². The van der Waals surface area contributed by atoms with Crippen molar-refractivity contribution in [2.45, 2.75) is 36.3 Å². The maximum absolute atomic E-state index is 12.0. The Bertz CT molecular complexity index is 675. The van der Waals surface area contributed by atoms with Crippen molar-refractivity contribution < 1.29 is 22.7 Å². The van der Waals surface area contributed by atoms with Crippen LogP contribution in [-0.2, 0) is 25.3 Å². The molecular weight excluding hydrogens is 362 g/mol. The number of benzene rings is 1. The third-order valence-corrected chi connectivity index (χ3v) is 6.92. The van der Waals surface area contributed by atoms with Crippen molar-refractivity contribution in [2.75, 3.05) is 27.0 Å². The summed E-state index contributed by atoms with van der Waals surface area (Å²) < 4.78 is 35.4. The number of hydrogen-bond acceptors (Lipinski definition) is 6. The second kappa shape index (κ2) is 8.91. The first-order valence-corrected chi connectivity index (χ1v) is 11.0. The number of carbonyl (C=O) groups excluding carboxylic acids is 1. The summed E-state index contributed by atoms with van der Waals surface area (Å²) in [5.41, 5.74) is 1.18. The van der Waals surface area contributed by atoms with Gasteiger partial charge < -0.3 is 9.47 Å². The number of rotatable bonds is 8. The fraction of sp³-hybridized carbons (Fsp3) is 0.588. The quantitative estimate of drug-likeness (QED) is 0.637. The number of sulfonamides is 1.